The molecule has 5 aliphatic carbocycles. The lowest BCUT2D eigenvalue weighted by Gasteiger charge is -2.61. The molecule has 4 bridgehead atoms. The summed E-state index contributed by atoms with van der Waals surface area (Å²) in [6.07, 6.45) is 9.99. The van der Waals surface area contributed by atoms with Crippen LogP contribution in [0.5, 0.6) is 5.75 Å². The van der Waals surface area contributed by atoms with Crippen LogP contribution in [0, 0.1) is 34.5 Å². The monoisotopic (exact) mass is 653 g/mol. The van der Waals surface area contributed by atoms with E-state index in [2.05, 4.69) is 41.6 Å². The molecule has 1 saturated heterocycles. The van der Waals surface area contributed by atoms with Gasteiger partial charge in [-0.05, 0) is 106 Å². The van der Waals surface area contributed by atoms with Crippen LogP contribution in [-0.2, 0) is 6.54 Å². The Morgan fingerprint density at radius 1 is 1.04 bits per heavy atom. The number of alkyl halides is 3. The van der Waals surface area contributed by atoms with Gasteiger partial charge in [0.05, 0.1) is 12.8 Å². The quantitative estimate of drug-likeness (QED) is 0.238. The zero-order valence-corrected chi connectivity index (χ0v) is 26.8. The highest BCUT2D eigenvalue weighted by Crippen LogP contribution is 2.60. The van der Waals surface area contributed by atoms with E-state index in [-0.39, 0.29) is 30.3 Å². The van der Waals surface area contributed by atoms with Crippen molar-refractivity contribution in [2.75, 3.05) is 30.3 Å². The first-order valence-corrected chi connectivity index (χ1v) is 17.4. The Labute approximate surface area is 274 Å². The number of aromatic nitrogens is 2. The largest absolute Gasteiger partial charge is 0.573 e. The van der Waals surface area contributed by atoms with Crippen LogP contribution in [0.4, 0.5) is 24.9 Å². The van der Waals surface area contributed by atoms with Crippen LogP contribution in [-0.4, -0.2) is 70.2 Å². The minimum Gasteiger partial charge on any atom is -0.405 e. The van der Waals surface area contributed by atoms with E-state index in [9.17, 15) is 23.5 Å². The fraction of sp³-hybridized carbons (Fsp3) is 0.686. The van der Waals surface area contributed by atoms with Crippen molar-refractivity contribution < 1.29 is 23.0 Å². The lowest BCUT2D eigenvalue weighted by Crippen LogP contribution is -2.61. The van der Waals surface area contributed by atoms with Crippen LogP contribution < -0.4 is 20.7 Å². The van der Waals surface area contributed by atoms with Crippen LogP contribution in [0.25, 0.3) is 0 Å². The van der Waals surface area contributed by atoms with Crippen molar-refractivity contribution in [3.63, 3.8) is 0 Å². The van der Waals surface area contributed by atoms with Crippen LogP contribution in [0.3, 0.4) is 0 Å². The predicted octanol–water partition coefficient (Wildman–Crippen LogP) is 5.82. The minimum atomic E-state index is -4.79. The van der Waals surface area contributed by atoms with E-state index in [0.717, 1.165) is 25.4 Å². The van der Waals surface area contributed by atoms with Gasteiger partial charge in [-0.2, -0.15) is 10.2 Å². The molecule has 5 saturated carbocycles. The van der Waals surface area contributed by atoms with Crippen molar-refractivity contribution >= 4 is 11.8 Å². The third kappa shape index (κ3) is 7.18. The molecule has 0 spiro atoms. The summed E-state index contributed by atoms with van der Waals surface area (Å²) >= 11 is 0. The molecule has 12 heteroatoms. The molecule has 8 rings (SSSR count). The zero-order valence-electron chi connectivity index (χ0n) is 26.8. The van der Waals surface area contributed by atoms with Crippen molar-refractivity contribution in [2.45, 2.75) is 108 Å². The standard InChI is InChI=1S/C35H46F3N7O2/c36-35(37,38)47-30-6-2-1-4-23(30)18-40-33-41-19-26(17-39)32(44-33)42-21-34-14-22-12-24(15-34)31(25(13-22)16-34)43-27-7-9-28(10-8-27)45-11-3-5-29(45)20-46/h1-2,4,6,19,22,24-25,27-29,31,43,46H,3,5,7-16,18,20-21H2,(H2,40,41,42,44)/t22?,24-,25+,27?,28?,29-,31-,34-/m0/s1. The van der Waals surface area contributed by atoms with Gasteiger partial charge >= 0.3 is 6.36 Å². The Morgan fingerprint density at radius 2 is 1.81 bits per heavy atom. The van der Waals surface area contributed by atoms with Gasteiger partial charge in [0.2, 0.25) is 5.95 Å². The van der Waals surface area contributed by atoms with Gasteiger partial charge in [-0.1, -0.05) is 18.2 Å². The van der Waals surface area contributed by atoms with E-state index < -0.39 is 6.36 Å². The molecule has 254 valence electrons. The van der Waals surface area contributed by atoms with E-state index in [1.54, 1.807) is 12.1 Å². The second-order valence-corrected chi connectivity index (χ2v) is 14.8. The van der Waals surface area contributed by atoms with Crippen LogP contribution in [0.1, 0.15) is 81.8 Å². The first-order valence-electron chi connectivity index (χ1n) is 17.4. The lowest BCUT2D eigenvalue weighted by molar-refractivity contribution is -0.274. The van der Waals surface area contributed by atoms with Crippen molar-refractivity contribution in [3.8, 4) is 11.8 Å². The van der Waals surface area contributed by atoms with Gasteiger partial charge in [0.25, 0.3) is 0 Å². The van der Waals surface area contributed by atoms with Gasteiger partial charge in [0.15, 0.2) is 0 Å². The zero-order chi connectivity index (χ0) is 32.6. The predicted molar refractivity (Wildman–Crippen MR) is 171 cm³/mol. The number of rotatable bonds is 11. The molecule has 47 heavy (non-hydrogen) atoms. The third-order valence-electron chi connectivity index (χ3n) is 11.8. The Kier molecular flexibility index (Phi) is 9.24. The molecule has 6 atom stereocenters. The molecular formula is C35H46F3N7O2. The van der Waals surface area contributed by atoms with Crippen LogP contribution in [0.2, 0.25) is 0 Å². The van der Waals surface area contributed by atoms with Gasteiger partial charge in [-0.15, -0.1) is 13.2 Å². The maximum absolute atomic E-state index is 12.9. The van der Waals surface area contributed by atoms with Crippen LogP contribution in [0.15, 0.2) is 30.5 Å². The SMILES string of the molecule is N#Cc1cnc(NCc2ccccc2OC(F)(F)F)nc1NC[C@]12CC3C[C@H](C1)[C@@H](NC1CCC(N4CCC[C@H]4CO)CC1)[C@@H](C3)C2. The van der Waals surface area contributed by atoms with Crippen LogP contribution >= 0.6 is 0 Å². The molecule has 1 unspecified atom stereocenters. The van der Waals surface area contributed by atoms with Crippen molar-refractivity contribution in [1.29, 1.82) is 5.26 Å². The summed E-state index contributed by atoms with van der Waals surface area (Å²) in [5, 5.41) is 30.3. The summed E-state index contributed by atoms with van der Waals surface area (Å²) in [7, 11) is 0. The van der Waals surface area contributed by atoms with Crippen molar-refractivity contribution in [2.24, 2.45) is 23.2 Å². The number of likely N-dealkylation sites (tertiary alicyclic amines) is 1. The van der Waals surface area contributed by atoms with E-state index in [0.29, 0.717) is 52.9 Å². The van der Waals surface area contributed by atoms with E-state index in [1.165, 1.54) is 82.5 Å². The number of hydrogen-bond acceptors (Lipinski definition) is 9. The summed E-state index contributed by atoms with van der Waals surface area (Å²) < 4.78 is 42.8. The second-order valence-electron chi connectivity index (χ2n) is 14.8. The highest BCUT2D eigenvalue weighted by atomic mass is 19.4. The van der Waals surface area contributed by atoms with E-state index in [4.69, 9.17) is 0 Å². The lowest BCUT2D eigenvalue weighted by atomic mass is 9.47. The molecule has 2 heterocycles. The maximum Gasteiger partial charge on any atom is 0.573 e. The number of aliphatic hydroxyl groups excluding tert-OH is 1. The van der Waals surface area contributed by atoms with Crippen molar-refractivity contribution in [3.05, 3.63) is 41.6 Å². The topological polar surface area (TPSA) is 118 Å². The first-order chi connectivity index (χ1) is 22.7. The number of nitrogens with zero attached hydrogens (tertiary/aromatic N) is 4. The Balaban J connectivity index is 0.953. The molecule has 9 nitrogen and oxygen atoms in total. The van der Waals surface area contributed by atoms with E-state index >= 15 is 0 Å². The third-order valence-corrected chi connectivity index (χ3v) is 11.8. The number of aliphatic hydroxyl groups is 1. The Morgan fingerprint density at radius 3 is 2.53 bits per heavy atom. The molecule has 1 aromatic heterocycles. The normalized spacial score (nSPS) is 33.5. The van der Waals surface area contributed by atoms with Gasteiger partial charge in [-0.3, -0.25) is 4.90 Å². The van der Waals surface area contributed by atoms with E-state index in [1.807, 2.05) is 0 Å². The molecule has 4 N–H and O–H groups in total. The Bertz CT molecular complexity index is 1430. The molecule has 0 radical (unpaired) electrons. The number of para-hydroxylation sites is 1. The minimum absolute atomic E-state index is 0.0318. The molecule has 6 fully saturated rings. The first kappa shape index (κ1) is 32.4. The summed E-state index contributed by atoms with van der Waals surface area (Å²) in [5.74, 6) is 2.47. The fourth-order valence-corrected chi connectivity index (χ4v) is 10.1. The summed E-state index contributed by atoms with van der Waals surface area (Å²) in [4.78, 5) is 11.4. The van der Waals surface area contributed by atoms with Gasteiger partial charge in [-0.25, -0.2) is 4.98 Å². The molecule has 1 aliphatic heterocycles. The van der Waals surface area contributed by atoms with Gasteiger partial charge < -0.3 is 25.8 Å². The molecule has 6 aliphatic rings. The highest BCUT2D eigenvalue weighted by Gasteiger charge is 2.55. The summed E-state index contributed by atoms with van der Waals surface area (Å²) in [5.41, 5.74) is 0.829. The molecule has 2 aromatic rings. The number of benzene rings is 1. The highest BCUT2D eigenvalue weighted by molar-refractivity contribution is 5.53. The summed E-state index contributed by atoms with van der Waals surface area (Å²) in [6, 6.07) is 10.3. The Hall–Kier alpha value is -3.14. The number of halogens is 3. The molecule has 0 amide bonds. The van der Waals surface area contributed by atoms with Crippen molar-refractivity contribution in [1.82, 2.24) is 20.2 Å². The number of nitrogens with one attached hydrogen (secondary N) is 3. The maximum atomic E-state index is 12.9. The van der Waals surface area contributed by atoms with Gasteiger partial charge in [0.1, 0.15) is 23.2 Å². The number of ether oxygens (including phenoxy) is 1. The summed E-state index contributed by atoms with van der Waals surface area (Å²) in [6.45, 7) is 2.19. The second kappa shape index (κ2) is 13.4. The fourth-order valence-electron chi connectivity index (χ4n) is 10.1. The average Bonchev–Trinajstić information content (AvgIpc) is 3.54. The average molecular weight is 654 g/mol. The number of anilines is 2. The smallest absolute Gasteiger partial charge is 0.405 e. The van der Waals surface area contributed by atoms with Gasteiger partial charge in [0, 0.05) is 42.8 Å². The number of hydrogen-bond donors (Lipinski definition) is 4. The molecular weight excluding hydrogens is 607 g/mol. The number of nitriles is 1. The molecule has 1 aromatic carbocycles.